The predicted octanol–water partition coefficient (Wildman–Crippen LogP) is 5.85. The van der Waals surface area contributed by atoms with Crippen LogP contribution in [0.15, 0.2) is 72.8 Å². The lowest BCUT2D eigenvalue weighted by atomic mass is 10.0. The summed E-state index contributed by atoms with van der Waals surface area (Å²) in [6.07, 6.45) is 1.22. The lowest BCUT2D eigenvalue weighted by molar-refractivity contribution is 0.296. The number of hydrogen-bond donors (Lipinski definition) is 0. The number of ether oxygens (including phenoxy) is 2. The first-order chi connectivity index (χ1) is 12.8. The summed E-state index contributed by atoms with van der Waals surface area (Å²) >= 11 is 0. The SMILES string of the molecule is COc1c(C)cccc1COc1cccc(C2CC2c2ccccc2)c1. The van der Waals surface area contributed by atoms with Gasteiger partial charge in [-0.05, 0) is 54.0 Å². The van der Waals surface area contributed by atoms with Gasteiger partial charge in [-0.1, -0.05) is 60.7 Å². The predicted molar refractivity (Wildman–Crippen MR) is 105 cm³/mol. The number of para-hydroxylation sites is 1. The van der Waals surface area contributed by atoms with Crippen molar-refractivity contribution in [1.29, 1.82) is 0 Å². The molecular weight excluding hydrogens is 320 g/mol. The molecule has 1 aliphatic carbocycles. The van der Waals surface area contributed by atoms with Crippen molar-refractivity contribution < 1.29 is 9.47 Å². The second-order valence-electron chi connectivity index (χ2n) is 6.99. The normalized spacial score (nSPS) is 18.4. The lowest BCUT2D eigenvalue weighted by Crippen LogP contribution is -2.00. The molecule has 0 heterocycles. The van der Waals surface area contributed by atoms with Crippen molar-refractivity contribution in [3.8, 4) is 11.5 Å². The summed E-state index contributed by atoms with van der Waals surface area (Å²) in [4.78, 5) is 0. The molecular formula is C24H24O2. The van der Waals surface area contributed by atoms with Crippen LogP contribution in [0, 0.1) is 6.92 Å². The van der Waals surface area contributed by atoms with Crippen LogP contribution in [-0.2, 0) is 6.61 Å². The van der Waals surface area contributed by atoms with Crippen molar-refractivity contribution >= 4 is 0 Å². The van der Waals surface area contributed by atoms with E-state index in [1.807, 2.05) is 12.1 Å². The second-order valence-corrected chi connectivity index (χ2v) is 6.99. The average molecular weight is 344 g/mol. The number of rotatable bonds is 6. The molecule has 0 radical (unpaired) electrons. The molecule has 2 nitrogen and oxygen atoms in total. The van der Waals surface area contributed by atoms with Crippen molar-refractivity contribution in [1.82, 2.24) is 0 Å². The van der Waals surface area contributed by atoms with Crippen LogP contribution < -0.4 is 9.47 Å². The summed E-state index contributed by atoms with van der Waals surface area (Å²) in [5.41, 5.74) is 5.01. The minimum Gasteiger partial charge on any atom is -0.496 e. The average Bonchev–Trinajstić information content (AvgIpc) is 3.48. The van der Waals surface area contributed by atoms with Gasteiger partial charge in [0.05, 0.1) is 7.11 Å². The van der Waals surface area contributed by atoms with Gasteiger partial charge >= 0.3 is 0 Å². The van der Waals surface area contributed by atoms with Gasteiger partial charge in [-0.25, -0.2) is 0 Å². The number of hydrogen-bond acceptors (Lipinski definition) is 2. The van der Waals surface area contributed by atoms with Gasteiger partial charge in [-0.2, -0.15) is 0 Å². The zero-order valence-corrected chi connectivity index (χ0v) is 15.3. The van der Waals surface area contributed by atoms with E-state index in [2.05, 4.69) is 67.6 Å². The standard InChI is InChI=1S/C24H24O2/c1-17-8-6-12-20(24(17)25-2)16-26-21-13-7-11-19(14-21)23-15-22(23)18-9-4-3-5-10-18/h3-14,22-23H,15-16H2,1-2H3. The summed E-state index contributed by atoms with van der Waals surface area (Å²) in [6.45, 7) is 2.57. The Morgan fingerprint density at radius 3 is 2.38 bits per heavy atom. The van der Waals surface area contributed by atoms with Crippen LogP contribution in [0.1, 0.15) is 40.5 Å². The third-order valence-corrected chi connectivity index (χ3v) is 5.20. The van der Waals surface area contributed by atoms with E-state index in [1.165, 1.54) is 17.5 Å². The Balaban J connectivity index is 1.45. The quantitative estimate of drug-likeness (QED) is 0.558. The fraction of sp³-hybridized carbons (Fsp3) is 0.250. The molecule has 1 aliphatic rings. The molecule has 3 aromatic carbocycles. The zero-order valence-electron chi connectivity index (χ0n) is 15.3. The maximum Gasteiger partial charge on any atom is 0.128 e. The van der Waals surface area contributed by atoms with Gasteiger partial charge in [-0.15, -0.1) is 0 Å². The minimum atomic E-state index is 0.515. The van der Waals surface area contributed by atoms with E-state index in [1.54, 1.807) is 7.11 Å². The van der Waals surface area contributed by atoms with Crippen LogP contribution in [0.3, 0.4) is 0 Å². The smallest absolute Gasteiger partial charge is 0.128 e. The fourth-order valence-corrected chi connectivity index (χ4v) is 3.75. The molecule has 0 bridgehead atoms. The summed E-state index contributed by atoms with van der Waals surface area (Å²) in [6, 6.07) is 25.5. The Morgan fingerprint density at radius 1 is 0.846 bits per heavy atom. The van der Waals surface area contributed by atoms with E-state index < -0.39 is 0 Å². The van der Waals surface area contributed by atoms with E-state index in [0.717, 1.165) is 22.6 Å². The molecule has 132 valence electrons. The van der Waals surface area contributed by atoms with E-state index >= 15 is 0 Å². The molecule has 3 aromatic rings. The van der Waals surface area contributed by atoms with Gasteiger partial charge in [-0.3, -0.25) is 0 Å². The van der Waals surface area contributed by atoms with Gasteiger partial charge in [0, 0.05) is 5.56 Å². The van der Waals surface area contributed by atoms with Gasteiger partial charge in [0.25, 0.3) is 0 Å². The van der Waals surface area contributed by atoms with Crippen molar-refractivity contribution in [2.45, 2.75) is 31.8 Å². The molecule has 2 unspecified atom stereocenters. The van der Waals surface area contributed by atoms with Crippen LogP contribution in [0.4, 0.5) is 0 Å². The number of aryl methyl sites for hydroxylation is 1. The molecule has 2 heteroatoms. The van der Waals surface area contributed by atoms with Gasteiger partial charge in [0.1, 0.15) is 18.1 Å². The molecule has 0 saturated heterocycles. The largest absolute Gasteiger partial charge is 0.496 e. The molecule has 0 aromatic heterocycles. The monoisotopic (exact) mass is 344 g/mol. The lowest BCUT2D eigenvalue weighted by Gasteiger charge is -2.13. The van der Waals surface area contributed by atoms with Crippen molar-refractivity contribution in [3.05, 3.63) is 95.1 Å². The first kappa shape index (κ1) is 16.7. The van der Waals surface area contributed by atoms with Crippen molar-refractivity contribution in [2.24, 2.45) is 0 Å². The maximum absolute atomic E-state index is 6.07. The van der Waals surface area contributed by atoms with Crippen LogP contribution in [0.25, 0.3) is 0 Å². The Morgan fingerprint density at radius 2 is 1.58 bits per heavy atom. The third-order valence-electron chi connectivity index (χ3n) is 5.20. The molecule has 0 amide bonds. The summed E-state index contributed by atoms with van der Waals surface area (Å²) in [5.74, 6) is 3.08. The van der Waals surface area contributed by atoms with Crippen LogP contribution in [0.2, 0.25) is 0 Å². The van der Waals surface area contributed by atoms with Gasteiger partial charge in [0.15, 0.2) is 0 Å². The van der Waals surface area contributed by atoms with E-state index in [4.69, 9.17) is 9.47 Å². The summed E-state index contributed by atoms with van der Waals surface area (Å²) in [7, 11) is 1.71. The molecule has 0 N–H and O–H groups in total. The van der Waals surface area contributed by atoms with Crippen molar-refractivity contribution in [3.63, 3.8) is 0 Å². The highest BCUT2D eigenvalue weighted by atomic mass is 16.5. The molecule has 1 fully saturated rings. The zero-order chi connectivity index (χ0) is 17.9. The van der Waals surface area contributed by atoms with E-state index in [0.29, 0.717) is 18.4 Å². The highest BCUT2D eigenvalue weighted by Gasteiger charge is 2.39. The number of benzene rings is 3. The molecule has 0 spiro atoms. The molecule has 0 aliphatic heterocycles. The third kappa shape index (κ3) is 3.45. The highest BCUT2D eigenvalue weighted by Crippen LogP contribution is 2.54. The molecule has 2 atom stereocenters. The van der Waals surface area contributed by atoms with Gasteiger partial charge in [0.2, 0.25) is 0 Å². The topological polar surface area (TPSA) is 18.5 Å². The Hall–Kier alpha value is -2.74. The van der Waals surface area contributed by atoms with Crippen LogP contribution in [-0.4, -0.2) is 7.11 Å². The molecule has 4 rings (SSSR count). The molecule has 1 saturated carbocycles. The first-order valence-electron chi connectivity index (χ1n) is 9.16. The highest BCUT2D eigenvalue weighted by molar-refractivity contribution is 5.42. The Bertz CT molecular complexity index is 886. The van der Waals surface area contributed by atoms with Crippen LogP contribution in [0.5, 0.6) is 11.5 Å². The van der Waals surface area contributed by atoms with Gasteiger partial charge < -0.3 is 9.47 Å². The Kier molecular flexibility index (Phi) is 4.66. The number of methoxy groups -OCH3 is 1. The maximum atomic E-state index is 6.07. The van der Waals surface area contributed by atoms with E-state index in [9.17, 15) is 0 Å². The van der Waals surface area contributed by atoms with E-state index in [-0.39, 0.29) is 0 Å². The minimum absolute atomic E-state index is 0.515. The summed E-state index contributed by atoms with van der Waals surface area (Å²) < 4.78 is 11.6. The first-order valence-corrected chi connectivity index (χ1v) is 9.16. The second kappa shape index (κ2) is 7.25. The summed E-state index contributed by atoms with van der Waals surface area (Å²) in [5, 5.41) is 0. The fourth-order valence-electron chi connectivity index (χ4n) is 3.75. The van der Waals surface area contributed by atoms with Crippen molar-refractivity contribution in [2.75, 3.05) is 7.11 Å². The van der Waals surface area contributed by atoms with Crippen LogP contribution >= 0.6 is 0 Å². The molecule has 26 heavy (non-hydrogen) atoms. The Labute approximate surface area is 155 Å².